The minimum atomic E-state index is -0.422. The highest BCUT2D eigenvalue weighted by atomic mass is 32.1. The molecule has 0 N–H and O–H groups in total. The Bertz CT molecular complexity index is 1240. The first-order valence-electron chi connectivity index (χ1n) is 10.9. The Labute approximate surface area is 205 Å². The molecular weight excluding hydrogens is 472 g/mol. The van der Waals surface area contributed by atoms with Crippen molar-refractivity contribution in [2.75, 3.05) is 11.5 Å². The van der Waals surface area contributed by atoms with Crippen molar-refractivity contribution in [3.8, 4) is 10.7 Å². The third-order valence-corrected chi connectivity index (χ3v) is 6.98. The Morgan fingerprint density at radius 3 is 2.68 bits per heavy atom. The van der Waals surface area contributed by atoms with Gasteiger partial charge in [0, 0.05) is 12.8 Å². The number of ether oxygens (including phenoxy) is 1. The number of hydrogen-bond donors (Lipinski definition) is 0. The van der Waals surface area contributed by atoms with Gasteiger partial charge < -0.3 is 9.26 Å². The van der Waals surface area contributed by atoms with Gasteiger partial charge in [0.2, 0.25) is 17.6 Å². The van der Waals surface area contributed by atoms with Crippen LogP contribution in [0.15, 0.2) is 52.4 Å². The number of amides is 1. The van der Waals surface area contributed by atoms with Gasteiger partial charge in [0.25, 0.3) is 0 Å². The van der Waals surface area contributed by atoms with E-state index in [2.05, 4.69) is 15.1 Å². The van der Waals surface area contributed by atoms with Crippen LogP contribution in [0.25, 0.3) is 10.7 Å². The van der Waals surface area contributed by atoms with Crippen LogP contribution in [0.5, 0.6) is 0 Å². The van der Waals surface area contributed by atoms with Crippen molar-refractivity contribution in [2.24, 2.45) is 0 Å². The first kappa shape index (κ1) is 23.8. The molecule has 1 aromatic carbocycles. The first-order valence-corrected chi connectivity index (χ1v) is 12.6. The zero-order valence-electron chi connectivity index (χ0n) is 18.9. The monoisotopic (exact) mass is 496 g/mol. The predicted molar refractivity (Wildman–Crippen MR) is 131 cm³/mol. The van der Waals surface area contributed by atoms with E-state index in [9.17, 15) is 9.59 Å². The predicted octanol–water partition coefficient (Wildman–Crippen LogP) is 5.30. The van der Waals surface area contributed by atoms with Crippen LogP contribution in [0.4, 0.5) is 5.13 Å². The highest BCUT2D eigenvalue weighted by molar-refractivity contribution is 7.17. The van der Waals surface area contributed by atoms with E-state index in [1.165, 1.54) is 11.3 Å². The number of carbonyl (C=O) groups is 2. The van der Waals surface area contributed by atoms with E-state index in [4.69, 9.17) is 9.26 Å². The minimum Gasteiger partial charge on any atom is -0.462 e. The van der Waals surface area contributed by atoms with Gasteiger partial charge in [-0.3, -0.25) is 9.69 Å². The molecule has 0 unspecified atom stereocenters. The van der Waals surface area contributed by atoms with Gasteiger partial charge in [0.1, 0.15) is 4.88 Å². The molecule has 1 amide bonds. The SMILES string of the molecule is CCOC(=O)c1sc(N(Cc2ccccc2)C(=O)CCCc2nc(-c3cccs3)no2)nc1C. The number of thiophene rings is 1. The summed E-state index contributed by atoms with van der Waals surface area (Å²) in [5.74, 6) is 0.548. The van der Waals surface area contributed by atoms with Gasteiger partial charge in [0.15, 0.2) is 5.13 Å². The van der Waals surface area contributed by atoms with E-state index >= 15 is 0 Å². The molecule has 0 aliphatic carbocycles. The van der Waals surface area contributed by atoms with Crippen molar-refractivity contribution in [1.29, 1.82) is 0 Å². The summed E-state index contributed by atoms with van der Waals surface area (Å²) in [6.45, 7) is 4.14. The van der Waals surface area contributed by atoms with Crippen molar-refractivity contribution in [1.82, 2.24) is 15.1 Å². The summed E-state index contributed by atoms with van der Waals surface area (Å²) in [5, 5.41) is 6.45. The molecule has 0 aliphatic rings. The average molecular weight is 497 g/mol. The molecule has 0 spiro atoms. The molecular formula is C24H24N4O4S2. The molecule has 4 aromatic rings. The number of anilines is 1. The normalized spacial score (nSPS) is 10.9. The molecule has 0 bridgehead atoms. The zero-order valence-corrected chi connectivity index (χ0v) is 20.5. The van der Waals surface area contributed by atoms with Gasteiger partial charge in [-0.1, -0.05) is 52.9 Å². The van der Waals surface area contributed by atoms with E-state index in [1.54, 1.807) is 30.1 Å². The Kier molecular flexibility index (Phi) is 7.81. The van der Waals surface area contributed by atoms with Gasteiger partial charge in [-0.2, -0.15) is 4.98 Å². The van der Waals surface area contributed by atoms with Crippen LogP contribution in [0, 0.1) is 6.92 Å². The van der Waals surface area contributed by atoms with Crippen LogP contribution >= 0.6 is 22.7 Å². The quantitative estimate of drug-likeness (QED) is 0.275. The fourth-order valence-corrected chi connectivity index (χ4v) is 4.93. The number of carbonyl (C=O) groups excluding carboxylic acids is 2. The highest BCUT2D eigenvalue weighted by Crippen LogP contribution is 2.29. The number of benzene rings is 1. The summed E-state index contributed by atoms with van der Waals surface area (Å²) in [7, 11) is 0. The molecule has 0 saturated carbocycles. The Morgan fingerprint density at radius 1 is 1.12 bits per heavy atom. The molecule has 3 heterocycles. The maximum absolute atomic E-state index is 13.3. The van der Waals surface area contributed by atoms with Crippen molar-refractivity contribution in [3.63, 3.8) is 0 Å². The molecule has 3 aromatic heterocycles. The van der Waals surface area contributed by atoms with Gasteiger partial charge in [-0.05, 0) is 37.3 Å². The molecule has 10 heteroatoms. The van der Waals surface area contributed by atoms with E-state index in [-0.39, 0.29) is 18.9 Å². The average Bonchev–Trinajstić information content (AvgIpc) is 3.59. The summed E-state index contributed by atoms with van der Waals surface area (Å²) in [5.41, 5.74) is 1.52. The summed E-state index contributed by atoms with van der Waals surface area (Å²) < 4.78 is 10.5. The molecule has 0 saturated heterocycles. The second-order valence-corrected chi connectivity index (χ2v) is 9.36. The van der Waals surface area contributed by atoms with Crippen LogP contribution in [0.1, 0.15) is 46.6 Å². The van der Waals surface area contributed by atoms with Crippen molar-refractivity contribution in [2.45, 2.75) is 39.7 Å². The van der Waals surface area contributed by atoms with E-state index in [0.29, 0.717) is 46.8 Å². The van der Waals surface area contributed by atoms with E-state index < -0.39 is 5.97 Å². The number of thiazole rings is 1. The zero-order chi connectivity index (χ0) is 23.9. The summed E-state index contributed by atoms with van der Waals surface area (Å²) in [6.07, 6.45) is 1.32. The van der Waals surface area contributed by atoms with Crippen LogP contribution in [0.2, 0.25) is 0 Å². The number of rotatable bonds is 10. The standard InChI is InChI=1S/C24H24N4O4S2/c1-3-31-23(30)21-16(2)25-24(34-21)28(15-17-9-5-4-6-10-17)20(29)13-7-12-19-26-22(27-32-19)18-11-8-14-33-18/h4-6,8-11,14H,3,7,12-13,15H2,1-2H3. The molecule has 0 aliphatic heterocycles. The smallest absolute Gasteiger partial charge is 0.350 e. The first-order chi connectivity index (χ1) is 16.5. The van der Waals surface area contributed by atoms with Crippen LogP contribution < -0.4 is 4.90 Å². The summed E-state index contributed by atoms with van der Waals surface area (Å²) in [6, 6.07) is 13.6. The minimum absolute atomic E-state index is 0.0917. The lowest BCUT2D eigenvalue weighted by atomic mass is 10.2. The fourth-order valence-electron chi connectivity index (χ4n) is 3.30. The summed E-state index contributed by atoms with van der Waals surface area (Å²) in [4.78, 5) is 37.4. The highest BCUT2D eigenvalue weighted by Gasteiger charge is 2.24. The van der Waals surface area contributed by atoms with Crippen molar-refractivity contribution >= 4 is 39.7 Å². The fraction of sp³-hybridized carbons (Fsp3) is 0.292. The lowest BCUT2D eigenvalue weighted by molar-refractivity contribution is -0.118. The molecule has 4 rings (SSSR count). The Hall–Kier alpha value is -3.37. The Balaban J connectivity index is 1.46. The number of aryl methyl sites for hydroxylation is 2. The third-order valence-electron chi connectivity index (χ3n) is 4.95. The van der Waals surface area contributed by atoms with Crippen molar-refractivity contribution < 1.29 is 18.8 Å². The maximum atomic E-state index is 13.3. The lowest BCUT2D eigenvalue weighted by Crippen LogP contribution is -2.30. The number of hydrogen-bond acceptors (Lipinski definition) is 9. The van der Waals surface area contributed by atoms with Gasteiger partial charge in [-0.25, -0.2) is 9.78 Å². The molecule has 176 valence electrons. The third kappa shape index (κ3) is 5.75. The van der Waals surface area contributed by atoms with Gasteiger partial charge >= 0.3 is 5.97 Å². The van der Waals surface area contributed by atoms with Gasteiger partial charge in [0.05, 0.1) is 23.7 Å². The lowest BCUT2D eigenvalue weighted by Gasteiger charge is -2.20. The van der Waals surface area contributed by atoms with Crippen LogP contribution in [-0.4, -0.2) is 33.6 Å². The van der Waals surface area contributed by atoms with E-state index in [0.717, 1.165) is 10.4 Å². The number of aromatic nitrogens is 3. The second kappa shape index (κ2) is 11.2. The second-order valence-electron chi connectivity index (χ2n) is 7.44. The molecule has 8 nitrogen and oxygen atoms in total. The molecule has 0 radical (unpaired) electrons. The molecule has 0 fully saturated rings. The van der Waals surface area contributed by atoms with Crippen molar-refractivity contribution in [3.05, 3.63) is 69.9 Å². The number of nitrogens with zero attached hydrogens (tertiary/aromatic N) is 4. The molecule has 34 heavy (non-hydrogen) atoms. The van der Waals surface area contributed by atoms with Crippen LogP contribution in [-0.2, 0) is 22.5 Å². The maximum Gasteiger partial charge on any atom is 0.350 e. The molecule has 0 atom stereocenters. The van der Waals surface area contributed by atoms with E-state index in [1.807, 2.05) is 47.8 Å². The number of esters is 1. The van der Waals surface area contributed by atoms with Crippen LogP contribution in [0.3, 0.4) is 0 Å². The Morgan fingerprint density at radius 2 is 1.94 bits per heavy atom. The van der Waals surface area contributed by atoms with Gasteiger partial charge in [-0.15, -0.1) is 11.3 Å². The largest absolute Gasteiger partial charge is 0.462 e. The summed E-state index contributed by atoms with van der Waals surface area (Å²) >= 11 is 2.72. The topological polar surface area (TPSA) is 98.4 Å².